The fraction of sp³-hybridized carbons (Fsp3) is 0.833. The van der Waals surface area contributed by atoms with Crippen LogP contribution < -0.4 is 11.1 Å². The molecule has 0 radical (unpaired) electrons. The van der Waals surface area contributed by atoms with Crippen molar-refractivity contribution in [3.63, 3.8) is 0 Å². The molecule has 1 aliphatic rings. The second kappa shape index (κ2) is 37.4. The Hall–Kier alpha value is 1.10. The minimum absolute atomic E-state index is 0. The molecule has 0 spiro atoms. The quantitative estimate of drug-likeness (QED) is 0.271. The molecule has 0 aromatic carbocycles. The van der Waals surface area contributed by atoms with E-state index in [9.17, 15) is 0 Å². The van der Waals surface area contributed by atoms with Crippen molar-refractivity contribution in [2.75, 3.05) is 19.7 Å². The van der Waals surface area contributed by atoms with Crippen LogP contribution in [0.15, 0.2) is 0 Å². The molecule has 1 fully saturated rings. The third-order valence-electron chi connectivity index (χ3n) is 1.24. The van der Waals surface area contributed by atoms with Gasteiger partial charge in [-0.2, -0.15) is 0 Å². The van der Waals surface area contributed by atoms with Crippen LogP contribution >= 0.6 is 0 Å². The van der Waals surface area contributed by atoms with Crippen molar-refractivity contribution < 1.29 is 57.1 Å². The molecular formula is C12H34N4O3W2. The number of rotatable bonds is 3. The summed E-state index contributed by atoms with van der Waals surface area (Å²) in [4.78, 5) is 0. The number of aliphatic hydroxyl groups excluding tert-OH is 2. The first kappa shape index (κ1) is 43.2. The van der Waals surface area contributed by atoms with Crippen LogP contribution in [0.25, 0.3) is 11.9 Å². The van der Waals surface area contributed by atoms with Crippen molar-refractivity contribution >= 4 is 0 Å². The number of aliphatic hydroxyl groups is 2. The molecule has 0 aromatic rings. The smallest absolute Gasteiger partial charge is 0.693 e. The van der Waals surface area contributed by atoms with Gasteiger partial charge in [-0.15, -0.1) is 6.54 Å². The summed E-state index contributed by atoms with van der Waals surface area (Å²) in [6.07, 6.45) is -0.141. The van der Waals surface area contributed by atoms with Gasteiger partial charge >= 0.3 is 42.1 Å². The molecule has 8 N–H and O–H groups in total. The molecule has 0 bridgehead atoms. The summed E-state index contributed by atoms with van der Waals surface area (Å²) < 4.78 is 4.71. The van der Waals surface area contributed by atoms with Crippen molar-refractivity contribution in [2.45, 2.75) is 46.5 Å². The van der Waals surface area contributed by atoms with Crippen LogP contribution in [-0.4, -0.2) is 48.2 Å². The Bertz CT molecular complexity index is 133. The average Bonchev–Trinajstić information content (AvgIpc) is 3.05. The molecule has 1 aliphatic heterocycles. The topological polar surface area (TPSA) is 148 Å². The summed E-state index contributed by atoms with van der Waals surface area (Å²) >= 11 is 0. The Morgan fingerprint density at radius 1 is 1.29 bits per heavy atom. The molecule has 7 nitrogen and oxygen atoms in total. The predicted molar refractivity (Wildman–Crippen MR) is 82.9 cm³/mol. The van der Waals surface area contributed by atoms with Crippen molar-refractivity contribution in [3.05, 3.63) is 26.0 Å². The molecule has 3 unspecified atom stereocenters. The number of epoxide rings is 1. The zero-order valence-electron chi connectivity index (χ0n) is 12.5. The van der Waals surface area contributed by atoms with E-state index >= 15 is 0 Å². The van der Waals surface area contributed by atoms with Crippen LogP contribution in [0, 0.1) is 14.1 Å². The van der Waals surface area contributed by atoms with Crippen molar-refractivity contribution in [1.29, 1.82) is 0 Å². The summed E-state index contributed by atoms with van der Waals surface area (Å²) in [7, 11) is 6.07. The first-order valence-electron chi connectivity index (χ1n) is 5.47. The third-order valence-corrected chi connectivity index (χ3v) is 1.24. The summed E-state index contributed by atoms with van der Waals surface area (Å²) in [6, 6.07) is 0. The van der Waals surface area contributed by atoms with Gasteiger partial charge in [0.2, 0.25) is 0 Å². The van der Waals surface area contributed by atoms with E-state index in [-0.39, 0.29) is 68.4 Å². The molecule has 9 heteroatoms. The second-order valence-corrected chi connectivity index (χ2v) is 3.50. The maximum Gasteiger partial charge on any atom is 2.00 e. The molecule has 132 valence electrons. The Kier molecular flexibility index (Phi) is 76.8. The van der Waals surface area contributed by atoms with Gasteiger partial charge in [0, 0.05) is 6.10 Å². The Balaban J connectivity index is -0.0000000244. The molecule has 1 heterocycles. The van der Waals surface area contributed by atoms with E-state index in [1.165, 1.54) is 0 Å². The molecule has 21 heavy (non-hydrogen) atoms. The van der Waals surface area contributed by atoms with E-state index < -0.39 is 6.10 Å². The fourth-order valence-electron chi connectivity index (χ4n) is 0.305. The monoisotopic (exact) mass is 650 g/mol. The van der Waals surface area contributed by atoms with Gasteiger partial charge in [-0.3, -0.25) is 14.1 Å². The molecular weight excluding hydrogens is 616 g/mol. The molecule has 3 atom stereocenters. The Labute approximate surface area is 160 Å². The van der Waals surface area contributed by atoms with Gasteiger partial charge in [0.15, 0.2) is 0 Å². The maximum absolute atomic E-state index is 8.45. The number of ether oxygens (including phenoxy) is 1. The van der Waals surface area contributed by atoms with Crippen molar-refractivity contribution in [2.24, 2.45) is 5.73 Å². The SMILES string of the molecule is C.CC(O)C[NH-].CC1CO1.[CH2-]N.[CH2-]NCC(C)O.[NH2-].[W+2].[W+2]. The van der Waals surface area contributed by atoms with Gasteiger partial charge in [0.1, 0.15) is 0 Å². The van der Waals surface area contributed by atoms with E-state index in [1.807, 2.05) is 0 Å². The third kappa shape index (κ3) is 93.0. The van der Waals surface area contributed by atoms with Gasteiger partial charge < -0.3 is 37.9 Å². The van der Waals surface area contributed by atoms with Crippen LogP contribution in [0.5, 0.6) is 0 Å². The number of hydrogen-bond donors (Lipinski definition) is 4. The van der Waals surface area contributed by atoms with Crippen molar-refractivity contribution in [3.8, 4) is 0 Å². The summed E-state index contributed by atoms with van der Waals surface area (Å²) in [5.41, 5.74) is 10.7. The van der Waals surface area contributed by atoms with Crippen LogP contribution in [0.2, 0.25) is 0 Å². The number of nitrogens with one attached hydrogen (secondary N) is 2. The van der Waals surface area contributed by atoms with Crippen LogP contribution in [0.3, 0.4) is 0 Å². The predicted octanol–water partition coefficient (Wildman–Crippen LogP) is 1.66. The van der Waals surface area contributed by atoms with E-state index in [1.54, 1.807) is 13.8 Å². The zero-order valence-corrected chi connectivity index (χ0v) is 18.4. The maximum atomic E-state index is 8.45. The van der Waals surface area contributed by atoms with Gasteiger partial charge in [-0.05, 0) is 27.3 Å². The van der Waals surface area contributed by atoms with Crippen molar-refractivity contribution in [1.82, 2.24) is 5.32 Å². The molecule has 0 amide bonds. The van der Waals surface area contributed by atoms with Crippen LogP contribution in [0.1, 0.15) is 28.2 Å². The largest absolute Gasteiger partial charge is 2.00 e. The minimum atomic E-state index is -0.449. The summed E-state index contributed by atoms with van der Waals surface area (Å²) in [5, 5.41) is 19.2. The van der Waals surface area contributed by atoms with Gasteiger partial charge in [-0.25, -0.2) is 0 Å². The van der Waals surface area contributed by atoms with Crippen LogP contribution in [0.4, 0.5) is 0 Å². The Morgan fingerprint density at radius 2 is 1.52 bits per heavy atom. The summed E-state index contributed by atoms with van der Waals surface area (Å²) in [6.45, 7) is 7.02. The van der Waals surface area contributed by atoms with E-state index in [0.717, 1.165) is 6.61 Å². The molecule has 1 rings (SSSR count). The summed E-state index contributed by atoms with van der Waals surface area (Å²) in [5.74, 6) is 0. The molecule has 0 aliphatic carbocycles. The van der Waals surface area contributed by atoms with Gasteiger partial charge in [0.05, 0.1) is 18.8 Å². The van der Waals surface area contributed by atoms with Crippen LogP contribution in [-0.2, 0) is 46.9 Å². The van der Waals surface area contributed by atoms with E-state index in [2.05, 4.69) is 32.1 Å². The average molecular weight is 650 g/mol. The van der Waals surface area contributed by atoms with E-state index in [0.29, 0.717) is 12.6 Å². The minimum Gasteiger partial charge on any atom is -0.693 e. The zero-order chi connectivity index (χ0) is 14.3. The fourth-order valence-corrected chi connectivity index (χ4v) is 0.305. The number of nitrogens with two attached hydrogens (primary N) is 2. The first-order valence-corrected chi connectivity index (χ1v) is 5.47. The standard InChI is InChI=1S/C4H10NO.C3H8NO.C3H6O.CH4N.CH4.H2N.2W/c1-4(6)3-5-2;1-3(5)2-4;1-3-2-4-3;1-2;;;;/h4-6H,2-3H2,1H3;3-5H,2H2,1H3;3H,2H2,1H3;1-2H2;1H4;1H2;;/q2*-1;;-1;;-1;2*+2. The molecule has 0 saturated carbocycles. The van der Waals surface area contributed by atoms with Gasteiger partial charge in [0.25, 0.3) is 0 Å². The van der Waals surface area contributed by atoms with E-state index in [4.69, 9.17) is 20.7 Å². The normalized spacial score (nSPS) is 15.6. The Morgan fingerprint density at radius 3 is 1.52 bits per heavy atom. The first-order chi connectivity index (χ1) is 7.93. The second-order valence-electron chi connectivity index (χ2n) is 3.50. The number of hydrogen-bond acceptors (Lipinski definition) is 5. The van der Waals surface area contributed by atoms with Gasteiger partial charge in [-0.1, -0.05) is 7.43 Å². The molecule has 1 saturated heterocycles. The molecule has 0 aromatic heterocycles.